The largest absolute Gasteiger partial charge is 0.298 e. The Hall–Kier alpha value is -1.28. The summed E-state index contributed by atoms with van der Waals surface area (Å²) in [5.74, 6) is 0.872. The zero-order chi connectivity index (χ0) is 15.5. The molecule has 0 N–H and O–H groups in total. The van der Waals surface area contributed by atoms with Gasteiger partial charge in [-0.25, -0.2) is 0 Å². The maximum atomic E-state index is 6.18. The van der Waals surface area contributed by atoms with Crippen LogP contribution in [-0.4, -0.2) is 18.0 Å². The normalized spacial score (nSPS) is 21.9. The molecular formula is C19H19Cl2N. The first kappa shape index (κ1) is 15.6. The van der Waals surface area contributed by atoms with E-state index in [2.05, 4.69) is 54.0 Å². The van der Waals surface area contributed by atoms with Crippen LogP contribution in [0, 0.1) is 5.92 Å². The maximum Gasteiger partial charge on any atom is 0.0595 e. The van der Waals surface area contributed by atoms with Crippen LogP contribution in [0.2, 0.25) is 10.0 Å². The number of hydrogen-bond acceptors (Lipinski definition) is 1. The van der Waals surface area contributed by atoms with E-state index in [0.29, 0.717) is 21.9 Å². The van der Waals surface area contributed by atoms with Gasteiger partial charge in [-0.3, -0.25) is 4.90 Å². The lowest BCUT2D eigenvalue weighted by molar-refractivity contribution is 0.322. The predicted molar refractivity (Wildman–Crippen MR) is 94.6 cm³/mol. The van der Waals surface area contributed by atoms with Crippen molar-refractivity contribution in [1.82, 2.24) is 4.90 Å². The second-order valence-corrected chi connectivity index (χ2v) is 6.67. The van der Waals surface area contributed by atoms with Gasteiger partial charge >= 0.3 is 0 Å². The molecule has 1 fully saturated rings. The number of likely N-dealkylation sites (tertiary alicyclic amines) is 1. The summed E-state index contributed by atoms with van der Waals surface area (Å²) in [6.07, 6.45) is 2.07. The van der Waals surface area contributed by atoms with Crippen molar-refractivity contribution in [1.29, 1.82) is 0 Å². The van der Waals surface area contributed by atoms with E-state index in [4.69, 9.17) is 23.2 Å². The molecule has 2 aromatic carbocycles. The monoisotopic (exact) mass is 331 g/mol. The smallest absolute Gasteiger partial charge is 0.0595 e. The quantitative estimate of drug-likeness (QED) is 0.678. The van der Waals surface area contributed by atoms with Gasteiger partial charge in [0.15, 0.2) is 0 Å². The van der Waals surface area contributed by atoms with Gasteiger partial charge in [0.25, 0.3) is 0 Å². The van der Waals surface area contributed by atoms with E-state index in [-0.39, 0.29) is 0 Å². The first-order valence-corrected chi connectivity index (χ1v) is 8.26. The average Bonchev–Trinajstić information content (AvgIpc) is 2.94. The van der Waals surface area contributed by atoms with Crippen molar-refractivity contribution in [2.24, 2.45) is 5.92 Å². The zero-order valence-electron chi connectivity index (χ0n) is 12.4. The Labute approximate surface area is 142 Å². The zero-order valence-corrected chi connectivity index (χ0v) is 13.9. The van der Waals surface area contributed by atoms with Crippen molar-refractivity contribution in [3.05, 3.63) is 82.4 Å². The Bertz CT molecular complexity index is 654. The van der Waals surface area contributed by atoms with Crippen molar-refractivity contribution in [3.63, 3.8) is 0 Å². The Morgan fingerprint density at radius 2 is 1.82 bits per heavy atom. The molecule has 0 spiro atoms. The minimum atomic E-state index is 0.427. The Morgan fingerprint density at radius 3 is 2.50 bits per heavy atom. The van der Waals surface area contributed by atoms with Crippen molar-refractivity contribution >= 4 is 23.2 Å². The molecule has 3 rings (SSSR count). The van der Waals surface area contributed by atoms with Crippen LogP contribution in [0.3, 0.4) is 0 Å². The van der Waals surface area contributed by atoms with Crippen LogP contribution in [0.4, 0.5) is 0 Å². The SMILES string of the molecule is C=CC1CN(Cc2ccccc2)CC1c1ccc(Cl)c(Cl)c1. The summed E-state index contributed by atoms with van der Waals surface area (Å²) in [6.45, 7) is 7.04. The van der Waals surface area contributed by atoms with Gasteiger partial charge in [-0.2, -0.15) is 0 Å². The Morgan fingerprint density at radius 1 is 1.05 bits per heavy atom. The number of hydrogen-bond donors (Lipinski definition) is 0. The Kier molecular flexibility index (Phi) is 4.87. The fourth-order valence-electron chi connectivity index (χ4n) is 3.22. The van der Waals surface area contributed by atoms with Crippen LogP contribution in [0.25, 0.3) is 0 Å². The molecule has 2 atom stereocenters. The van der Waals surface area contributed by atoms with Crippen LogP contribution in [0.5, 0.6) is 0 Å². The number of benzene rings is 2. The van der Waals surface area contributed by atoms with Crippen molar-refractivity contribution in [2.45, 2.75) is 12.5 Å². The molecule has 0 saturated carbocycles. The third-order valence-electron chi connectivity index (χ3n) is 4.36. The van der Waals surface area contributed by atoms with Gasteiger partial charge in [-0.15, -0.1) is 6.58 Å². The summed E-state index contributed by atoms with van der Waals surface area (Å²) in [4.78, 5) is 2.48. The molecule has 3 heteroatoms. The molecule has 0 amide bonds. The summed E-state index contributed by atoms with van der Waals surface area (Å²) >= 11 is 12.2. The molecule has 1 aliphatic heterocycles. The molecule has 2 aromatic rings. The average molecular weight is 332 g/mol. The van der Waals surface area contributed by atoms with Gasteiger partial charge in [0.05, 0.1) is 10.0 Å². The van der Waals surface area contributed by atoms with Gasteiger partial charge in [0, 0.05) is 25.6 Å². The standard InChI is InChI=1S/C19H19Cl2N/c1-2-15-12-22(11-14-6-4-3-5-7-14)13-17(15)16-8-9-18(20)19(21)10-16/h2-10,15,17H,1,11-13H2. The molecule has 0 aliphatic carbocycles. The third-order valence-corrected chi connectivity index (χ3v) is 5.10. The van der Waals surface area contributed by atoms with Gasteiger partial charge in [0.1, 0.15) is 0 Å². The van der Waals surface area contributed by atoms with Gasteiger partial charge < -0.3 is 0 Å². The summed E-state index contributed by atoms with van der Waals surface area (Å²) in [5.41, 5.74) is 2.59. The highest BCUT2D eigenvalue weighted by molar-refractivity contribution is 6.42. The van der Waals surface area contributed by atoms with Crippen molar-refractivity contribution < 1.29 is 0 Å². The first-order chi connectivity index (χ1) is 10.7. The highest BCUT2D eigenvalue weighted by Crippen LogP contribution is 2.36. The van der Waals surface area contributed by atoms with Crippen LogP contribution < -0.4 is 0 Å². The number of rotatable bonds is 4. The molecule has 0 radical (unpaired) electrons. The lowest BCUT2D eigenvalue weighted by Gasteiger charge is -2.17. The second kappa shape index (κ2) is 6.87. The minimum Gasteiger partial charge on any atom is -0.298 e. The molecule has 1 nitrogen and oxygen atoms in total. The highest BCUT2D eigenvalue weighted by Gasteiger charge is 2.32. The van der Waals surface area contributed by atoms with Crippen molar-refractivity contribution in [3.8, 4) is 0 Å². The molecule has 1 aliphatic rings. The summed E-state index contributed by atoms with van der Waals surface area (Å²) in [7, 11) is 0. The lowest BCUT2D eigenvalue weighted by atomic mass is 9.89. The maximum absolute atomic E-state index is 6.18. The van der Waals surface area contributed by atoms with Crippen LogP contribution in [-0.2, 0) is 6.54 Å². The predicted octanol–water partition coefficient (Wildman–Crippen LogP) is 5.40. The summed E-state index contributed by atoms with van der Waals surface area (Å²) < 4.78 is 0. The molecule has 1 heterocycles. The van der Waals surface area contributed by atoms with E-state index in [1.165, 1.54) is 11.1 Å². The molecular weight excluding hydrogens is 313 g/mol. The first-order valence-electron chi connectivity index (χ1n) is 7.51. The topological polar surface area (TPSA) is 3.24 Å². The molecule has 2 unspecified atom stereocenters. The van der Waals surface area contributed by atoms with E-state index in [1.807, 2.05) is 12.1 Å². The molecule has 114 valence electrons. The molecule has 1 saturated heterocycles. The highest BCUT2D eigenvalue weighted by atomic mass is 35.5. The fourth-order valence-corrected chi connectivity index (χ4v) is 3.53. The number of halogens is 2. The van der Waals surface area contributed by atoms with Crippen LogP contribution >= 0.6 is 23.2 Å². The van der Waals surface area contributed by atoms with Crippen LogP contribution in [0.15, 0.2) is 61.2 Å². The Balaban J connectivity index is 1.77. The molecule has 0 bridgehead atoms. The second-order valence-electron chi connectivity index (χ2n) is 5.86. The fraction of sp³-hybridized carbons (Fsp3) is 0.263. The van der Waals surface area contributed by atoms with Gasteiger partial charge in [-0.1, -0.05) is 65.7 Å². The van der Waals surface area contributed by atoms with Gasteiger partial charge in [0.2, 0.25) is 0 Å². The summed E-state index contributed by atoms with van der Waals surface area (Å²) in [5, 5.41) is 1.24. The lowest BCUT2D eigenvalue weighted by Crippen LogP contribution is -2.20. The van der Waals surface area contributed by atoms with E-state index in [9.17, 15) is 0 Å². The number of nitrogens with zero attached hydrogens (tertiary/aromatic N) is 1. The molecule has 22 heavy (non-hydrogen) atoms. The van der Waals surface area contributed by atoms with E-state index >= 15 is 0 Å². The summed E-state index contributed by atoms with van der Waals surface area (Å²) in [6, 6.07) is 16.6. The minimum absolute atomic E-state index is 0.427. The molecule has 0 aromatic heterocycles. The third kappa shape index (κ3) is 3.38. The van der Waals surface area contributed by atoms with Crippen molar-refractivity contribution in [2.75, 3.05) is 13.1 Å². The van der Waals surface area contributed by atoms with Gasteiger partial charge in [-0.05, 0) is 29.2 Å². The van der Waals surface area contributed by atoms with Crippen LogP contribution in [0.1, 0.15) is 17.0 Å². The van der Waals surface area contributed by atoms with E-state index in [0.717, 1.165) is 19.6 Å². The van der Waals surface area contributed by atoms with E-state index in [1.54, 1.807) is 0 Å². The van der Waals surface area contributed by atoms with E-state index < -0.39 is 0 Å².